The van der Waals surface area contributed by atoms with Crippen LogP contribution in [0.15, 0.2) is 51.7 Å². The molecule has 0 atom stereocenters. The van der Waals surface area contributed by atoms with Crippen molar-refractivity contribution in [1.29, 1.82) is 0 Å². The smallest absolute Gasteiger partial charge is 0.245 e. The van der Waals surface area contributed by atoms with Crippen LogP contribution in [0.3, 0.4) is 0 Å². The number of anilines is 3. The number of benzene rings is 1. The minimum absolute atomic E-state index is 0.267. The average molecular weight is 326 g/mol. The summed E-state index contributed by atoms with van der Waals surface area (Å²) >= 11 is 0. The van der Waals surface area contributed by atoms with Crippen molar-refractivity contribution in [3.8, 4) is 0 Å². The Hall–Kier alpha value is -3.49. The highest BCUT2D eigenvalue weighted by molar-refractivity contribution is 5.76. The van der Waals surface area contributed by atoms with Gasteiger partial charge >= 0.3 is 0 Å². The van der Waals surface area contributed by atoms with Crippen LogP contribution in [0.1, 0.15) is 5.76 Å². The maximum absolute atomic E-state index is 13.0. The van der Waals surface area contributed by atoms with Gasteiger partial charge in [0.2, 0.25) is 11.3 Å². The first-order valence-electron chi connectivity index (χ1n) is 7.07. The molecule has 0 aliphatic carbocycles. The molecule has 4 rings (SSSR count). The van der Waals surface area contributed by atoms with Gasteiger partial charge in [-0.2, -0.15) is 0 Å². The van der Waals surface area contributed by atoms with Gasteiger partial charge in [0.15, 0.2) is 11.6 Å². The summed E-state index contributed by atoms with van der Waals surface area (Å²) in [5.74, 6) is 1.28. The molecule has 1 aromatic carbocycles. The number of rotatable bonds is 5. The van der Waals surface area contributed by atoms with Gasteiger partial charge in [0, 0.05) is 5.69 Å². The van der Waals surface area contributed by atoms with Crippen LogP contribution in [0.4, 0.5) is 21.7 Å². The quantitative estimate of drug-likeness (QED) is 0.577. The summed E-state index contributed by atoms with van der Waals surface area (Å²) in [4.78, 5) is 8.65. The molecule has 0 bridgehead atoms. The molecule has 0 aliphatic heterocycles. The number of furan rings is 1. The van der Waals surface area contributed by atoms with E-state index in [9.17, 15) is 4.39 Å². The molecule has 0 radical (unpaired) electrons. The van der Waals surface area contributed by atoms with Crippen molar-refractivity contribution in [3.63, 3.8) is 0 Å². The molecule has 0 aliphatic rings. The standard InChI is InChI=1S/C15H11FN6O2/c16-9-3-5-10(6-4-9)18-13-12(17-8-11-2-1-7-23-11)19-14-15(20-13)22-24-21-14/h1-7H,8H2,(H,17,19,21)(H,18,20,22). The number of fused-ring (bicyclic) bond motifs is 1. The van der Waals surface area contributed by atoms with Gasteiger partial charge in [-0.1, -0.05) is 0 Å². The molecular weight excluding hydrogens is 315 g/mol. The van der Waals surface area contributed by atoms with Gasteiger partial charge in [0.25, 0.3) is 0 Å². The molecule has 4 aromatic rings. The van der Waals surface area contributed by atoms with Crippen molar-refractivity contribution < 1.29 is 13.4 Å². The molecule has 0 unspecified atom stereocenters. The third-order valence-corrected chi connectivity index (χ3v) is 3.23. The highest BCUT2D eigenvalue weighted by Crippen LogP contribution is 2.24. The first-order valence-corrected chi connectivity index (χ1v) is 7.07. The molecule has 2 N–H and O–H groups in total. The van der Waals surface area contributed by atoms with E-state index in [0.717, 1.165) is 5.76 Å². The van der Waals surface area contributed by atoms with E-state index in [0.29, 0.717) is 23.9 Å². The number of nitrogens with zero attached hydrogens (tertiary/aromatic N) is 4. The minimum Gasteiger partial charge on any atom is -0.467 e. The van der Waals surface area contributed by atoms with Crippen LogP contribution in [0.2, 0.25) is 0 Å². The van der Waals surface area contributed by atoms with E-state index in [2.05, 4.69) is 35.5 Å². The molecule has 8 nitrogen and oxygen atoms in total. The number of hydrogen-bond donors (Lipinski definition) is 2. The molecule has 0 spiro atoms. The number of hydrogen-bond acceptors (Lipinski definition) is 8. The molecular formula is C15H11FN6O2. The highest BCUT2D eigenvalue weighted by Gasteiger charge is 2.13. The summed E-state index contributed by atoms with van der Waals surface area (Å²) < 4.78 is 23.0. The van der Waals surface area contributed by atoms with E-state index in [1.807, 2.05) is 6.07 Å². The van der Waals surface area contributed by atoms with Crippen molar-refractivity contribution in [2.45, 2.75) is 6.54 Å². The fraction of sp³-hybridized carbons (Fsp3) is 0.0667. The van der Waals surface area contributed by atoms with Crippen molar-refractivity contribution in [3.05, 3.63) is 54.2 Å². The lowest BCUT2D eigenvalue weighted by Crippen LogP contribution is -2.06. The maximum Gasteiger partial charge on any atom is 0.245 e. The fourth-order valence-electron chi connectivity index (χ4n) is 2.10. The van der Waals surface area contributed by atoms with E-state index >= 15 is 0 Å². The molecule has 3 heterocycles. The molecule has 120 valence electrons. The minimum atomic E-state index is -0.320. The van der Waals surface area contributed by atoms with Gasteiger partial charge in [-0.05, 0) is 46.7 Å². The molecule has 0 fully saturated rings. The summed E-state index contributed by atoms with van der Waals surface area (Å²) in [5, 5.41) is 13.5. The lowest BCUT2D eigenvalue weighted by Gasteiger charge is -2.11. The third kappa shape index (κ3) is 2.86. The van der Waals surface area contributed by atoms with Crippen LogP contribution in [0.25, 0.3) is 11.3 Å². The van der Waals surface area contributed by atoms with Gasteiger partial charge in [-0.3, -0.25) is 0 Å². The predicted octanol–water partition coefficient (Wildman–Crippen LogP) is 3.10. The number of halogens is 1. The summed E-state index contributed by atoms with van der Waals surface area (Å²) in [6.07, 6.45) is 1.59. The summed E-state index contributed by atoms with van der Waals surface area (Å²) in [7, 11) is 0. The Morgan fingerprint density at radius 3 is 2.42 bits per heavy atom. The molecule has 24 heavy (non-hydrogen) atoms. The van der Waals surface area contributed by atoms with Crippen LogP contribution in [-0.4, -0.2) is 20.3 Å². The van der Waals surface area contributed by atoms with Crippen LogP contribution in [-0.2, 0) is 6.54 Å². The molecule has 9 heteroatoms. The number of aromatic nitrogens is 4. The molecule has 0 saturated heterocycles. The maximum atomic E-state index is 13.0. The van der Waals surface area contributed by atoms with Gasteiger partial charge in [-0.15, -0.1) is 0 Å². The van der Waals surface area contributed by atoms with Gasteiger partial charge in [-0.25, -0.2) is 19.0 Å². The normalized spacial score (nSPS) is 10.9. The van der Waals surface area contributed by atoms with Crippen LogP contribution >= 0.6 is 0 Å². The van der Waals surface area contributed by atoms with E-state index in [-0.39, 0.29) is 17.1 Å². The Morgan fingerprint density at radius 2 is 1.71 bits per heavy atom. The highest BCUT2D eigenvalue weighted by atomic mass is 19.1. The van der Waals surface area contributed by atoms with Crippen LogP contribution in [0, 0.1) is 5.82 Å². The van der Waals surface area contributed by atoms with Gasteiger partial charge in [0.05, 0.1) is 12.8 Å². The Kier molecular flexibility index (Phi) is 3.50. The zero-order valence-corrected chi connectivity index (χ0v) is 12.2. The fourth-order valence-corrected chi connectivity index (χ4v) is 2.10. The van der Waals surface area contributed by atoms with Crippen LogP contribution < -0.4 is 10.6 Å². The van der Waals surface area contributed by atoms with Gasteiger partial charge in [0.1, 0.15) is 11.6 Å². The average Bonchev–Trinajstić information content (AvgIpc) is 3.25. The van der Waals surface area contributed by atoms with E-state index < -0.39 is 0 Å². The Balaban J connectivity index is 1.65. The third-order valence-electron chi connectivity index (χ3n) is 3.23. The van der Waals surface area contributed by atoms with Crippen molar-refractivity contribution in [2.24, 2.45) is 0 Å². The zero-order valence-electron chi connectivity index (χ0n) is 12.2. The van der Waals surface area contributed by atoms with E-state index in [4.69, 9.17) is 4.42 Å². The largest absolute Gasteiger partial charge is 0.467 e. The first kappa shape index (κ1) is 14.1. The number of nitrogens with one attached hydrogen (secondary N) is 2. The summed E-state index contributed by atoms with van der Waals surface area (Å²) in [5.41, 5.74) is 1.20. The SMILES string of the molecule is Fc1ccc(Nc2nc3nonc3nc2NCc2ccco2)cc1. The Bertz CT molecular complexity index is 952. The second kappa shape index (κ2) is 5.95. The van der Waals surface area contributed by atoms with E-state index in [1.54, 1.807) is 24.5 Å². The van der Waals surface area contributed by atoms with Crippen LogP contribution in [0.5, 0.6) is 0 Å². The molecule has 3 aromatic heterocycles. The lowest BCUT2D eigenvalue weighted by atomic mass is 10.3. The summed E-state index contributed by atoms with van der Waals surface area (Å²) in [6, 6.07) is 9.52. The Morgan fingerprint density at radius 1 is 0.958 bits per heavy atom. The van der Waals surface area contributed by atoms with Gasteiger partial charge < -0.3 is 15.1 Å². The molecule has 0 saturated carbocycles. The predicted molar refractivity (Wildman–Crippen MR) is 83.1 cm³/mol. The van der Waals surface area contributed by atoms with Crippen molar-refractivity contribution in [1.82, 2.24) is 20.3 Å². The lowest BCUT2D eigenvalue weighted by molar-refractivity contribution is 0.314. The topological polar surface area (TPSA) is 102 Å². The monoisotopic (exact) mass is 326 g/mol. The second-order valence-corrected chi connectivity index (χ2v) is 4.90. The van der Waals surface area contributed by atoms with E-state index in [1.165, 1.54) is 12.1 Å². The zero-order chi connectivity index (χ0) is 16.4. The van der Waals surface area contributed by atoms with Crippen molar-refractivity contribution in [2.75, 3.05) is 10.6 Å². The Labute approximate surface area is 134 Å². The summed E-state index contributed by atoms with van der Waals surface area (Å²) in [6.45, 7) is 0.413. The molecule has 0 amide bonds. The second-order valence-electron chi connectivity index (χ2n) is 4.90. The first-order chi connectivity index (χ1) is 11.8. The van der Waals surface area contributed by atoms with Crippen molar-refractivity contribution >= 4 is 28.6 Å².